The predicted octanol–water partition coefficient (Wildman–Crippen LogP) is 1.96. The highest BCUT2D eigenvalue weighted by atomic mass is 16.3. The van der Waals surface area contributed by atoms with E-state index in [-0.39, 0.29) is 0 Å². The molecule has 4 nitrogen and oxygen atoms in total. The second-order valence-corrected chi connectivity index (χ2v) is 4.73. The third-order valence-electron chi connectivity index (χ3n) is 3.08. The summed E-state index contributed by atoms with van der Waals surface area (Å²) in [6.45, 7) is 4.64. The van der Waals surface area contributed by atoms with Gasteiger partial charge in [0.05, 0.1) is 0 Å². The lowest BCUT2D eigenvalue weighted by Gasteiger charge is -2.14. The summed E-state index contributed by atoms with van der Waals surface area (Å²) in [5.74, 6) is 0.727. The first-order valence-electron chi connectivity index (χ1n) is 6.43. The molecule has 1 aromatic carbocycles. The van der Waals surface area contributed by atoms with E-state index < -0.39 is 0 Å². The minimum atomic E-state index is 0.723. The first-order valence-corrected chi connectivity index (χ1v) is 6.43. The van der Waals surface area contributed by atoms with E-state index in [4.69, 9.17) is 10.2 Å². The fourth-order valence-corrected chi connectivity index (χ4v) is 2.13. The first kappa shape index (κ1) is 13.1. The Morgan fingerprint density at radius 2 is 2.17 bits per heavy atom. The number of hydrogen-bond donors (Lipinski definition) is 1. The van der Waals surface area contributed by atoms with E-state index in [0.717, 1.165) is 49.5 Å². The second kappa shape index (κ2) is 5.98. The van der Waals surface area contributed by atoms with Crippen LogP contribution in [0.3, 0.4) is 0 Å². The third-order valence-corrected chi connectivity index (χ3v) is 3.08. The fourth-order valence-electron chi connectivity index (χ4n) is 2.13. The van der Waals surface area contributed by atoms with E-state index in [1.165, 1.54) is 5.56 Å². The van der Waals surface area contributed by atoms with Gasteiger partial charge in [-0.2, -0.15) is 0 Å². The van der Waals surface area contributed by atoms with Crippen LogP contribution in [0.25, 0.3) is 11.1 Å². The average molecular weight is 247 g/mol. The van der Waals surface area contributed by atoms with E-state index in [2.05, 4.69) is 29.1 Å². The zero-order chi connectivity index (χ0) is 13.0. The van der Waals surface area contributed by atoms with Crippen LogP contribution >= 0.6 is 0 Å². The molecule has 0 spiro atoms. The van der Waals surface area contributed by atoms with Crippen molar-refractivity contribution in [2.75, 3.05) is 26.7 Å². The largest absolute Gasteiger partial charge is 0.441 e. The fraction of sp³-hybridized carbons (Fsp3) is 0.500. The standard InChI is InChI=1S/C14H21N3O/c1-11-16-13-10-12(5-6-14(13)18-11)4-3-8-17(2)9-7-15/h5-6,10H,3-4,7-9,15H2,1-2H3. The van der Waals surface area contributed by atoms with Gasteiger partial charge in [-0.25, -0.2) is 4.98 Å². The molecular weight excluding hydrogens is 226 g/mol. The smallest absolute Gasteiger partial charge is 0.192 e. The Bertz CT molecular complexity index is 507. The molecule has 0 atom stereocenters. The molecule has 0 aliphatic carbocycles. The molecule has 2 N–H and O–H groups in total. The van der Waals surface area contributed by atoms with Crippen LogP contribution in [-0.4, -0.2) is 36.6 Å². The maximum absolute atomic E-state index is 5.52. The predicted molar refractivity (Wildman–Crippen MR) is 73.6 cm³/mol. The van der Waals surface area contributed by atoms with Crippen LogP contribution in [0.4, 0.5) is 0 Å². The monoisotopic (exact) mass is 247 g/mol. The lowest BCUT2D eigenvalue weighted by molar-refractivity contribution is 0.338. The third kappa shape index (κ3) is 3.31. The van der Waals surface area contributed by atoms with E-state index in [0.29, 0.717) is 0 Å². The number of fused-ring (bicyclic) bond motifs is 1. The summed E-state index contributed by atoms with van der Waals surface area (Å²) in [5.41, 5.74) is 8.66. The van der Waals surface area contributed by atoms with Crippen LogP contribution < -0.4 is 5.73 Å². The lowest BCUT2D eigenvalue weighted by Crippen LogP contribution is -2.26. The normalized spacial score (nSPS) is 11.6. The van der Waals surface area contributed by atoms with Gasteiger partial charge in [0.15, 0.2) is 11.5 Å². The summed E-state index contributed by atoms with van der Waals surface area (Å²) in [7, 11) is 2.11. The van der Waals surface area contributed by atoms with Crippen LogP contribution in [0.5, 0.6) is 0 Å². The Balaban J connectivity index is 1.91. The Morgan fingerprint density at radius 1 is 1.33 bits per heavy atom. The molecule has 0 aliphatic rings. The molecule has 0 fully saturated rings. The molecule has 0 aliphatic heterocycles. The summed E-state index contributed by atoms with van der Waals surface area (Å²) in [6.07, 6.45) is 2.20. The second-order valence-electron chi connectivity index (χ2n) is 4.73. The quantitative estimate of drug-likeness (QED) is 0.847. The number of hydrogen-bond acceptors (Lipinski definition) is 4. The van der Waals surface area contributed by atoms with Crippen LogP contribution in [0, 0.1) is 6.92 Å². The Kier molecular flexibility index (Phi) is 4.33. The van der Waals surface area contributed by atoms with Crippen molar-refractivity contribution in [2.24, 2.45) is 5.73 Å². The molecule has 0 saturated heterocycles. The van der Waals surface area contributed by atoms with Crippen molar-refractivity contribution in [1.82, 2.24) is 9.88 Å². The topological polar surface area (TPSA) is 55.3 Å². The molecule has 98 valence electrons. The van der Waals surface area contributed by atoms with Crippen molar-refractivity contribution in [3.05, 3.63) is 29.7 Å². The molecule has 4 heteroatoms. The number of aryl methyl sites for hydroxylation is 2. The molecule has 0 unspecified atom stereocenters. The van der Waals surface area contributed by atoms with Crippen LogP contribution in [0.2, 0.25) is 0 Å². The van der Waals surface area contributed by atoms with Crippen molar-refractivity contribution in [3.63, 3.8) is 0 Å². The van der Waals surface area contributed by atoms with Crippen molar-refractivity contribution >= 4 is 11.1 Å². The highest BCUT2D eigenvalue weighted by Gasteiger charge is 2.03. The summed E-state index contributed by atoms with van der Waals surface area (Å²) in [6, 6.07) is 6.25. The van der Waals surface area contributed by atoms with Gasteiger partial charge in [-0.1, -0.05) is 6.07 Å². The summed E-state index contributed by atoms with van der Waals surface area (Å²) in [5, 5.41) is 0. The first-order chi connectivity index (χ1) is 8.69. The molecule has 0 bridgehead atoms. The Labute approximate surface area is 108 Å². The van der Waals surface area contributed by atoms with Gasteiger partial charge in [-0.15, -0.1) is 0 Å². The molecule has 2 aromatic rings. The van der Waals surface area contributed by atoms with Gasteiger partial charge < -0.3 is 15.1 Å². The highest BCUT2D eigenvalue weighted by molar-refractivity contribution is 5.73. The lowest BCUT2D eigenvalue weighted by atomic mass is 10.1. The molecule has 0 amide bonds. The minimum absolute atomic E-state index is 0.723. The van der Waals surface area contributed by atoms with Crippen molar-refractivity contribution in [1.29, 1.82) is 0 Å². The molecule has 18 heavy (non-hydrogen) atoms. The van der Waals surface area contributed by atoms with Crippen LogP contribution in [0.15, 0.2) is 22.6 Å². The molecular formula is C14H21N3O. The number of aromatic nitrogens is 1. The summed E-state index contributed by atoms with van der Waals surface area (Å²) in [4.78, 5) is 6.62. The maximum atomic E-state index is 5.52. The Morgan fingerprint density at radius 3 is 2.94 bits per heavy atom. The van der Waals surface area contributed by atoms with E-state index >= 15 is 0 Å². The van der Waals surface area contributed by atoms with Crippen LogP contribution in [0.1, 0.15) is 17.9 Å². The molecule has 2 rings (SSSR count). The van der Waals surface area contributed by atoms with E-state index in [9.17, 15) is 0 Å². The molecule has 1 aromatic heterocycles. The number of nitrogens with zero attached hydrogens (tertiary/aromatic N) is 2. The van der Waals surface area contributed by atoms with Gasteiger partial charge in [0.25, 0.3) is 0 Å². The maximum Gasteiger partial charge on any atom is 0.192 e. The van der Waals surface area contributed by atoms with Crippen LogP contribution in [-0.2, 0) is 6.42 Å². The molecule has 1 heterocycles. The van der Waals surface area contributed by atoms with Crippen molar-refractivity contribution in [2.45, 2.75) is 19.8 Å². The van der Waals surface area contributed by atoms with Gasteiger partial charge in [-0.3, -0.25) is 0 Å². The summed E-state index contributed by atoms with van der Waals surface area (Å²) >= 11 is 0. The number of nitrogens with two attached hydrogens (primary N) is 1. The number of likely N-dealkylation sites (N-methyl/N-ethyl adjacent to an activating group) is 1. The number of oxazole rings is 1. The zero-order valence-electron chi connectivity index (χ0n) is 11.1. The van der Waals surface area contributed by atoms with Gasteiger partial charge >= 0.3 is 0 Å². The highest BCUT2D eigenvalue weighted by Crippen LogP contribution is 2.17. The zero-order valence-corrected chi connectivity index (χ0v) is 11.1. The average Bonchev–Trinajstić information content (AvgIpc) is 2.69. The summed E-state index contributed by atoms with van der Waals surface area (Å²) < 4.78 is 5.46. The SMILES string of the molecule is Cc1nc2cc(CCCN(C)CCN)ccc2o1. The molecule has 0 saturated carbocycles. The molecule has 0 radical (unpaired) electrons. The minimum Gasteiger partial charge on any atom is -0.441 e. The van der Waals surface area contributed by atoms with E-state index in [1.807, 2.05) is 13.0 Å². The number of rotatable bonds is 6. The van der Waals surface area contributed by atoms with E-state index in [1.54, 1.807) is 0 Å². The van der Waals surface area contributed by atoms with Crippen molar-refractivity contribution < 1.29 is 4.42 Å². The van der Waals surface area contributed by atoms with Crippen molar-refractivity contribution in [3.8, 4) is 0 Å². The Hall–Kier alpha value is -1.39. The van der Waals surface area contributed by atoms with Gasteiger partial charge in [0.1, 0.15) is 5.52 Å². The van der Waals surface area contributed by atoms with Gasteiger partial charge in [-0.05, 0) is 44.1 Å². The van der Waals surface area contributed by atoms with Gasteiger partial charge in [0, 0.05) is 20.0 Å². The van der Waals surface area contributed by atoms with Gasteiger partial charge in [0.2, 0.25) is 0 Å². The number of benzene rings is 1.